The molecule has 0 saturated carbocycles. The monoisotopic (exact) mass is 400 g/mol. The average molecular weight is 400 g/mol. The van der Waals surface area contributed by atoms with Crippen LogP contribution in [0.25, 0.3) is 11.4 Å². The number of nitrogens with one attached hydrogen (secondary N) is 1. The number of halogens is 2. The van der Waals surface area contributed by atoms with Gasteiger partial charge in [-0.05, 0) is 49.2 Å². The standard InChI is InChI=1S/C20H18F2N4O3/c1-28-14-7-5-13(6-8-14)23-20(27)26-10-2-3-17(26)19-24-18(25-29-19)15-9-4-12(21)11-16(15)22/h4-9,11,17H,2-3,10H2,1H3,(H,23,27)/t17-/m1/s1. The predicted octanol–water partition coefficient (Wildman–Crippen LogP) is 4.39. The van der Waals surface area contributed by atoms with E-state index < -0.39 is 17.7 Å². The van der Waals surface area contributed by atoms with Crippen molar-refractivity contribution in [1.82, 2.24) is 15.0 Å². The van der Waals surface area contributed by atoms with Crippen molar-refractivity contribution in [3.63, 3.8) is 0 Å². The molecule has 0 radical (unpaired) electrons. The summed E-state index contributed by atoms with van der Waals surface area (Å²) < 4.78 is 37.5. The zero-order chi connectivity index (χ0) is 20.4. The van der Waals surface area contributed by atoms with E-state index >= 15 is 0 Å². The quantitative estimate of drug-likeness (QED) is 0.702. The number of carbonyl (C=O) groups excluding carboxylic acids is 1. The number of ether oxygens (including phenoxy) is 1. The first kappa shape index (κ1) is 18.9. The first-order chi connectivity index (χ1) is 14.0. The molecule has 2 aromatic carbocycles. The van der Waals surface area contributed by atoms with Gasteiger partial charge in [0.25, 0.3) is 0 Å². The zero-order valence-electron chi connectivity index (χ0n) is 15.6. The Kier molecular flexibility index (Phi) is 5.11. The zero-order valence-corrected chi connectivity index (χ0v) is 15.6. The number of urea groups is 1. The third-order valence-corrected chi connectivity index (χ3v) is 4.75. The Balaban J connectivity index is 1.50. The summed E-state index contributed by atoms with van der Waals surface area (Å²) in [6.07, 6.45) is 1.41. The van der Waals surface area contributed by atoms with Crippen molar-refractivity contribution in [2.45, 2.75) is 18.9 Å². The molecule has 4 rings (SSSR count). The fraction of sp³-hybridized carbons (Fsp3) is 0.250. The second-order valence-electron chi connectivity index (χ2n) is 6.59. The summed E-state index contributed by atoms with van der Waals surface area (Å²) in [6, 6.07) is 9.39. The van der Waals surface area contributed by atoms with Crippen LogP contribution in [-0.4, -0.2) is 34.7 Å². The molecule has 29 heavy (non-hydrogen) atoms. The van der Waals surface area contributed by atoms with Gasteiger partial charge < -0.3 is 19.5 Å². The van der Waals surface area contributed by atoms with Crippen LogP contribution in [0, 0.1) is 11.6 Å². The molecular weight excluding hydrogens is 382 g/mol. The van der Waals surface area contributed by atoms with Crippen molar-refractivity contribution in [1.29, 1.82) is 0 Å². The van der Waals surface area contributed by atoms with E-state index in [0.29, 0.717) is 24.4 Å². The molecule has 0 unspecified atom stereocenters. The normalized spacial score (nSPS) is 16.1. The van der Waals surface area contributed by atoms with Gasteiger partial charge in [0, 0.05) is 18.3 Å². The van der Waals surface area contributed by atoms with Crippen LogP contribution in [0.2, 0.25) is 0 Å². The van der Waals surface area contributed by atoms with Gasteiger partial charge in [-0.15, -0.1) is 0 Å². The van der Waals surface area contributed by atoms with Crippen molar-refractivity contribution in [2.75, 3.05) is 19.0 Å². The summed E-state index contributed by atoms with van der Waals surface area (Å²) in [6.45, 7) is 0.523. The lowest BCUT2D eigenvalue weighted by atomic mass is 10.2. The Hall–Kier alpha value is -3.49. The number of carbonyl (C=O) groups is 1. The van der Waals surface area contributed by atoms with E-state index in [1.807, 2.05) is 0 Å². The summed E-state index contributed by atoms with van der Waals surface area (Å²) in [5.41, 5.74) is 0.662. The molecule has 2 heterocycles. The van der Waals surface area contributed by atoms with Crippen LogP contribution < -0.4 is 10.1 Å². The number of amides is 2. The van der Waals surface area contributed by atoms with Gasteiger partial charge in [-0.3, -0.25) is 0 Å². The largest absolute Gasteiger partial charge is 0.497 e. The highest BCUT2D eigenvalue weighted by Crippen LogP contribution is 2.33. The number of hydrogen-bond donors (Lipinski definition) is 1. The van der Waals surface area contributed by atoms with Gasteiger partial charge in [-0.25, -0.2) is 13.6 Å². The number of nitrogens with zero attached hydrogens (tertiary/aromatic N) is 3. The molecule has 9 heteroatoms. The minimum absolute atomic E-state index is 0.0138. The van der Waals surface area contributed by atoms with Crippen LogP contribution >= 0.6 is 0 Å². The molecule has 3 aromatic rings. The first-order valence-corrected chi connectivity index (χ1v) is 9.06. The maximum atomic E-state index is 14.0. The second kappa shape index (κ2) is 7.86. The van der Waals surface area contributed by atoms with E-state index in [2.05, 4.69) is 15.5 Å². The molecule has 1 aliphatic heterocycles. The van der Waals surface area contributed by atoms with E-state index in [1.54, 1.807) is 36.3 Å². The minimum atomic E-state index is -0.780. The number of anilines is 1. The Labute approximate surface area is 165 Å². The van der Waals surface area contributed by atoms with Crippen LogP contribution in [0.3, 0.4) is 0 Å². The maximum absolute atomic E-state index is 14.0. The third-order valence-electron chi connectivity index (χ3n) is 4.75. The summed E-state index contributed by atoms with van der Waals surface area (Å²) >= 11 is 0. The molecule has 1 atom stereocenters. The van der Waals surface area contributed by atoms with Crippen molar-refractivity contribution < 1.29 is 22.8 Å². The molecule has 1 saturated heterocycles. The molecule has 1 aliphatic rings. The van der Waals surface area contributed by atoms with Crippen molar-refractivity contribution in [2.24, 2.45) is 0 Å². The Morgan fingerprint density at radius 3 is 2.76 bits per heavy atom. The topological polar surface area (TPSA) is 80.5 Å². The highest BCUT2D eigenvalue weighted by atomic mass is 19.1. The molecule has 7 nitrogen and oxygen atoms in total. The molecule has 1 N–H and O–H groups in total. The fourth-order valence-electron chi connectivity index (χ4n) is 3.29. The van der Waals surface area contributed by atoms with Crippen molar-refractivity contribution >= 4 is 11.7 Å². The van der Waals surface area contributed by atoms with Crippen LogP contribution in [0.5, 0.6) is 5.75 Å². The van der Waals surface area contributed by atoms with Crippen LogP contribution in [-0.2, 0) is 0 Å². The molecule has 0 aliphatic carbocycles. The Morgan fingerprint density at radius 2 is 2.03 bits per heavy atom. The second-order valence-corrected chi connectivity index (χ2v) is 6.59. The van der Waals surface area contributed by atoms with Crippen molar-refractivity contribution in [3.05, 3.63) is 60.0 Å². The number of aromatic nitrogens is 2. The van der Waals surface area contributed by atoms with Crippen LogP contribution in [0.1, 0.15) is 24.8 Å². The fourth-order valence-corrected chi connectivity index (χ4v) is 3.29. The van der Waals surface area contributed by atoms with Gasteiger partial charge in [0.15, 0.2) is 0 Å². The molecule has 1 aromatic heterocycles. The van der Waals surface area contributed by atoms with Crippen LogP contribution in [0.15, 0.2) is 47.0 Å². The molecule has 150 valence electrons. The molecule has 0 bridgehead atoms. The van der Waals surface area contributed by atoms with Crippen molar-refractivity contribution in [3.8, 4) is 17.1 Å². The van der Waals surface area contributed by atoms with E-state index in [9.17, 15) is 13.6 Å². The van der Waals surface area contributed by atoms with E-state index in [1.165, 1.54) is 6.07 Å². The average Bonchev–Trinajstić information content (AvgIpc) is 3.38. The molecule has 1 fully saturated rings. The minimum Gasteiger partial charge on any atom is -0.497 e. The SMILES string of the molecule is COc1ccc(NC(=O)N2CCC[C@@H]2c2nc(-c3ccc(F)cc3F)no2)cc1. The molecular formula is C20H18F2N4O3. The number of methoxy groups -OCH3 is 1. The summed E-state index contributed by atoms with van der Waals surface area (Å²) in [5.74, 6) is -0.551. The number of rotatable bonds is 4. The highest BCUT2D eigenvalue weighted by molar-refractivity contribution is 5.89. The lowest BCUT2D eigenvalue weighted by molar-refractivity contribution is 0.193. The smallest absolute Gasteiger partial charge is 0.322 e. The van der Waals surface area contributed by atoms with Gasteiger partial charge in [-0.1, -0.05) is 5.16 Å². The van der Waals surface area contributed by atoms with Gasteiger partial charge in [-0.2, -0.15) is 4.98 Å². The number of likely N-dealkylation sites (tertiary alicyclic amines) is 1. The Bertz CT molecular complexity index is 1020. The molecule has 0 spiro atoms. The lowest BCUT2D eigenvalue weighted by Crippen LogP contribution is -2.34. The van der Waals surface area contributed by atoms with E-state index in [-0.39, 0.29) is 23.3 Å². The van der Waals surface area contributed by atoms with Gasteiger partial charge in [0.1, 0.15) is 23.4 Å². The number of hydrogen-bond acceptors (Lipinski definition) is 5. The third kappa shape index (κ3) is 3.89. The predicted molar refractivity (Wildman–Crippen MR) is 100 cm³/mol. The first-order valence-electron chi connectivity index (χ1n) is 9.06. The molecule has 2 amide bonds. The maximum Gasteiger partial charge on any atom is 0.322 e. The highest BCUT2D eigenvalue weighted by Gasteiger charge is 2.34. The lowest BCUT2D eigenvalue weighted by Gasteiger charge is -2.22. The van der Waals surface area contributed by atoms with Crippen LogP contribution in [0.4, 0.5) is 19.3 Å². The number of benzene rings is 2. The van der Waals surface area contributed by atoms with Gasteiger partial charge in [0.05, 0.1) is 12.7 Å². The van der Waals surface area contributed by atoms with Gasteiger partial charge in [0.2, 0.25) is 11.7 Å². The van der Waals surface area contributed by atoms with E-state index in [4.69, 9.17) is 9.26 Å². The Morgan fingerprint density at radius 1 is 1.24 bits per heavy atom. The van der Waals surface area contributed by atoms with E-state index in [0.717, 1.165) is 18.6 Å². The summed E-state index contributed by atoms with van der Waals surface area (Å²) in [4.78, 5) is 18.6. The summed E-state index contributed by atoms with van der Waals surface area (Å²) in [5, 5.41) is 6.63. The summed E-state index contributed by atoms with van der Waals surface area (Å²) in [7, 11) is 1.57. The van der Waals surface area contributed by atoms with Gasteiger partial charge >= 0.3 is 6.03 Å².